The lowest BCUT2D eigenvalue weighted by Gasteiger charge is -2.46. The SMILES string of the molecule is COC1CN(C2CCC([C@H](C)c3scc(C(=O)NCc4c(C)cc(C)[nH]c4=O)c3C)CC2)C1. The Morgan fingerprint density at radius 2 is 1.94 bits per heavy atom. The molecule has 1 saturated heterocycles. The summed E-state index contributed by atoms with van der Waals surface area (Å²) < 4.78 is 5.43. The number of aromatic nitrogens is 1. The van der Waals surface area contributed by atoms with E-state index in [4.69, 9.17) is 4.74 Å². The Hall–Kier alpha value is -1.96. The highest BCUT2D eigenvalue weighted by molar-refractivity contribution is 7.10. The standard InChI is InChI=1S/C26H37N3O3S/c1-15-10-16(2)28-26(31)22(15)11-27-25(30)23-14-33-24(18(23)4)17(3)19-6-8-20(9-7-19)29-12-21(13-29)32-5/h10,14,17,19-21H,6-9,11-13H2,1-5H3,(H,27,30)(H,28,31)/t17-,19?,20?/m0/s1. The molecule has 1 aliphatic heterocycles. The highest BCUT2D eigenvalue weighted by atomic mass is 32.1. The molecule has 2 aliphatic rings. The first-order valence-corrected chi connectivity index (χ1v) is 13.0. The van der Waals surface area contributed by atoms with Crippen LogP contribution >= 0.6 is 11.3 Å². The fourth-order valence-electron chi connectivity index (χ4n) is 5.57. The van der Waals surface area contributed by atoms with Gasteiger partial charge in [-0.15, -0.1) is 11.3 Å². The minimum Gasteiger partial charge on any atom is -0.379 e. The van der Waals surface area contributed by atoms with Gasteiger partial charge in [0.15, 0.2) is 0 Å². The zero-order valence-electron chi connectivity index (χ0n) is 20.5. The van der Waals surface area contributed by atoms with Crippen molar-refractivity contribution >= 4 is 17.2 Å². The molecule has 2 fully saturated rings. The van der Waals surface area contributed by atoms with Crippen LogP contribution in [0.3, 0.4) is 0 Å². The smallest absolute Gasteiger partial charge is 0.253 e. The van der Waals surface area contributed by atoms with E-state index in [1.54, 1.807) is 11.3 Å². The van der Waals surface area contributed by atoms with E-state index < -0.39 is 0 Å². The number of carbonyl (C=O) groups excluding carboxylic acids is 1. The van der Waals surface area contributed by atoms with E-state index in [9.17, 15) is 9.59 Å². The van der Waals surface area contributed by atoms with Crippen molar-refractivity contribution in [1.82, 2.24) is 15.2 Å². The number of amides is 1. The lowest BCUT2D eigenvalue weighted by molar-refractivity contribution is -0.0600. The molecule has 180 valence electrons. The topological polar surface area (TPSA) is 74.4 Å². The average Bonchev–Trinajstić information content (AvgIpc) is 3.13. The van der Waals surface area contributed by atoms with Gasteiger partial charge in [0.25, 0.3) is 11.5 Å². The molecule has 0 bridgehead atoms. The molecule has 4 rings (SSSR count). The van der Waals surface area contributed by atoms with Crippen LogP contribution in [-0.2, 0) is 11.3 Å². The molecular weight excluding hydrogens is 434 g/mol. The monoisotopic (exact) mass is 471 g/mol. The Morgan fingerprint density at radius 1 is 1.24 bits per heavy atom. The Bertz CT molecular complexity index is 1050. The van der Waals surface area contributed by atoms with Crippen molar-refractivity contribution in [3.05, 3.63) is 54.6 Å². The zero-order chi connectivity index (χ0) is 23.7. The molecule has 3 heterocycles. The summed E-state index contributed by atoms with van der Waals surface area (Å²) in [6.45, 7) is 10.6. The Balaban J connectivity index is 1.34. The minimum absolute atomic E-state index is 0.101. The third-order valence-electron chi connectivity index (χ3n) is 7.83. The molecule has 33 heavy (non-hydrogen) atoms. The van der Waals surface area contributed by atoms with Crippen molar-refractivity contribution in [2.24, 2.45) is 5.92 Å². The van der Waals surface area contributed by atoms with Crippen molar-refractivity contribution in [3.8, 4) is 0 Å². The predicted octanol–water partition coefficient (Wildman–Crippen LogP) is 4.28. The molecule has 1 atom stereocenters. The molecule has 2 aromatic heterocycles. The number of rotatable bonds is 7. The van der Waals surface area contributed by atoms with Gasteiger partial charge in [-0.2, -0.15) is 0 Å². The molecule has 2 aromatic rings. The van der Waals surface area contributed by atoms with E-state index in [1.807, 2.05) is 32.4 Å². The van der Waals surface area contributed by atoms with Crippen LogP contribution in [0.15, 0.2) is 16.2 Å². The van der Waals surface area contributed by atoms with Crippen molar-refractivity contribution in [2.75, 3.05) is 20.2 Å². The first-order valence-electron chi connectivity index (χ1n) is 12.1. The van der Waals surface area contributed by atoms with Gasteiger partial charge in [-0.25, -0.2) is 0 Å². The highest BCUT2D eigenvalue weighted by Gasteiger charge is 2.36. The number of hydrogen-bond donors (Lipinski definition) is 2. The number of methoxy groups -OCH3 is 1. The second kappa shape index (κ2) is 10.1. The van der Waals surface area contributed by atoms with Crippen LogP contribution in [0.25, 0.3) is 0 Å². The van der Waals surface area contributed by atoms with Crippen LogP contribution in [0.5, 0.6) is 0 Å². The number of likely N-dealkylation sites (tertiary alicyclic amines) is 1. The van der Waals surface area contributed by atoms with Gasteiger partial charge in [0, 0.05) is 54.3 Å². The molecular formula is C26H37N3O3S. The number of hydrogen-bond acceptors (Lipinski definition) is 5. The van der Waals surface area contributed by atoms with Crippen LogP contribution in [0, 0.1) is 26.7 Å². The fourth-order valence-corrected chi connectivity index (χ4v) is 6.79. The van der Waals surface area contributed by atoms with Gasteiger partial charge >= 0.3 is 0 Å². The maximum Gasteiger partial charge on any atom is 0.253 e. The van der Waals surface area contributed by atoms with Crippen LogP contribution in [0.4, 0.5) is 0 Å². The third-order valence-corrected chi connectivity index (χ3v) is 9.12. The largest absolute Gasteiger partial charge is 0.379 e. The number of H-pyrrole nitrogens is 1. The summed E-state index contributed by atoms with van der Waals surface area (Å²) in [4.78, 5) is 31.9. The quantitative estimate of drug-likeness (QED) is 0.632. The summed E-state index contributed by atoms with van der Waals surface area (Å²) in [5.74, 6) is 1.03. The maximum atomic E-state index is 12.9. The third kappa shape index (κ3) is 5.10. The van der Waals surface area contributed by atoms with E-state index in [0.717, 1.165) is 35.5 Å². The normalized spacial score (nSPS) is 22.7. The minimum atomic E-state index is -0.129. The predicted molar refractivity (Wildman–Crippen MR) is 133 cm³/mol. The number of thiophene rings is 1. The van der Waals surface area contributed by atoms with Gasteiger partial charge < -0.3 is 15.0 Å². The molecule has 0 unspecified atom stereocenters. The molecule has 1 aliphatic carbocycles. The molecule has 1 saturated carbocycles. The van der Waals surface area contributed by atoms with Crippen molar-refractivity contribution in [2.45, 2.75) is 78.0 Å². The maximum absolute atomic E-state index is 12.9. The molecule has 2 N–H and O–H groups in total. The van der Waals surface area contributed by atoms with E-state index in [1.165, 1.54) is 30.6 Å². The van der Waals surface area contributed by atoms with Gasteiger partial charge in [-0.1, -0.05) is 6.92 Å². The van der Waals surface area contributed by atoms with Crippen LogP contribution < -0.4 is 10.9 Å². The molecule has 0 radical (unpaired) electrons. The molecule has 0 spiro atoms. The van der Waals surface area contributed by atoms with E-state index in [-0.39, 0.29) is 18.0 Å². The first-order chi connectivity index (χ1) is 15.8. The summed E-state index contributed by atoms with van der Waals surface area (Å²) in [5, 5.41) is 4.95. The Morgan fingerprint density at radius 3 is 2.58 bits per heavy atom. The second-order valence-electron chi connectivity index (χ2n) is 9.93. The number of nitrogens with one attached hydrogen (secondary N) is 2. The number of carbonyl (C=O) groups is 1. The molecule has 1 amide bonds. The van der Waals surface area contributed by atoms with Crippen LogP contribution in [0.2, 0.25) is 0 Å². The van der Waals surface area contributed by atoms with E-state index >= 15 is 0 Å². The molecule has 0 aromatic carbocycles. The number of pyridine rings is 1. The number of aryl methyl sites for hydroxylation is 2. The van der Waals surface area contributed by atoms with Crippen molar-refractivity contribution < 1.29 is 9.53 Å². The number of nitrogens with zero attached hydrogens (tertiary/aromatic N) is 1. The van der Waals surface area contributed by atoms with Gasteiger partial charge in [-0.05, 0) is 75.5 Å². The first kappa shape index (κ1) is 24.2. The lowest BCUT2D eigenvalue weighted by atomic mass is 9.77. The molecule has 6 nitrogen and oxygen atoms in total. The molecule has 7 heteroatoms. The van der Waals surface area contributed by atoms with Gasteiger partial charge in [0.1, 0.15) is 0 Å². The van der Waals surface area contributed by atoms with Crippen molar-refractivity contribution in [1.29, 1.82) is 0 Å². The highest BCUT2D eigenvalue weighted by Crippen LogP contribution is 2.41. The average molecular weight is 472 g/mol. The van der Waals surface area contributed by atoms with Crippen molar-refractivity contribution in [3.63, 3.8) is 0 Å². The lowest BCUT2D eigenvalue weighted by Crippen LogP contribution is -2.56. The summed E-state index contributed by atoms with van der Waals surface area (Å²) in [7, 11) is 1.81. The van der Waals surface area contributed by atoms with E-state index in [0.29, 0.717) is 29.5 Å². The summed E-state index contributed by atoms with van der Waals surface area (Å²) in [6.07, 6.45) is 5.43. The Kier molecular flexibility index (Phi) is 7.41. The van der Waals surface area contributed by atoms with E-state index in [2.05, 4.69) is 29.0 Å². The summed E-state index contributed by atoms with van der Waals surface area (Å²) in [5.41, 5.74) is 4.05. The number of ether oxygens (including phenoxy) is 1. The van der Waals surface area contributed by atoms with Gasteiger partial charge in [0.2, 0.25) is 0 Å². The number of aromatic amines is 1. The zero-order valence-corrected chi connectivity index (χ0v) is 21.3. The summed E-state index contributed by atoms with van der Waals surface area (Å²) in [6, 6.07) is 2.64. The summed E-state index contributed by atoms with van der Waals surface area (Å²) >= 11 is 1.71. The van der Waals surface area contributed by atoms with Gasteiger partial charge in [-0.3, -0.25) is 14.5 Å². The Labute approximate surface area is 200 Å². The second-order valence-corrected chi connectivity index (χ2v) is 10.8. The van der Waals surface area contributed by atoms with Crippen LogP contribution in [-0.4, -0.2) is 48.1 Å². The van der Waals surface area contributed by atoms with Gasteiger partial charge in [0.05, 0.1) is 11.7 Å². The fraction of sp³-hybridized carbons (Fsp3) is 0.615. The van der Waals surface area contributed by atoms with Crippen LogP contribution in [0.1, 0.15) is 76.1 Å².